The second-order valence-electron chi connectivity index (χ2n) is 5.90. The summed E-state index contributed by atoms with van der Waals surface area (Å²) in [6.45, 7) is 0.750. The summed E-state index contributed by atoms with van der Waals surface area (Å²) in [4.78, 5) is 12.0. The van der Waals surface area contributed by atoms with Gasteiger partial charge in [-0.15, -0.1) is 0 Å². The maximum atomic E-state index is 12.0. The summed E-state index contributed by atoms with van der Waals surface area (Å²) in [7, 11) is 0. The minimum absolute atomic E-state index is 0.0580. The normalized spacial score (nSPS) is 25.6. The molecule has 1 aliphatic heterocycles. The summed E-state index contributed by atoms with van der Waals surface area (Å²) >= 11 is 0. The molecule has 1 saturated heterocycles. The number of aryl methyl sites for hydroxylation is 1. The molecule has 2 fully saturated rings. The van der Waals surface area contributed by atoms with Gasteiger partial charge in [0.1, 0.15) is 6.04 Å². The average Bonchev–Trinajstić information content (AvgIpc) is 3.22. The van der Waals surface area contributed by atoms with Crippen molar-refractivity contribution in [1.82, 2.24) is 16.2 Å². The van der Waals surface area contributed by atoms with E-state index in [9.17, 15) is 4.79 Å². The highest BCUT2D eigenvalue weighted by Crippen LogP contribution is 2.35. The van der Waals surface area contributed by atoms with Gasteiger partial charge in [0.05, 0.1) is 0 Å². The molecule has 2 atom stereocenters. The van der Waals surface area contributed by atoms with Gasteiger partial charge in [-0.1, -0.05) is 30.3 Å². The van der Waals surface area contributed by atoms with Gasteiger partial charge in [0, 0.05) is 12.6 Å². The van der Waals surface area contributed by atoms with Crippen molar-refractivity contribution in [2.45, 2.75) is 44.2 Å². The predicted octanol–water partition coefficient (Wildman–Crippen LogP) is 1.38. The van der Waals surface area contributed by atoms with Crippen molar-refractivity contribution in [3.8, 4) is 0 Å². The SMILES string of the molecule is O=C(NCCCc1ccccc1)C1CC(C2CC2)NN1. The van der Waals surface area contributed by atoms with Crippen LogP contribution in [0.2, 0.25) is 0 Å². The van der Waals surface area contributed by atoms with Crippen LogP contribution in [0.25, 0.3) is 0 Å². The van der Waals surface area contributed by atoms with Gasteiger partial charge >= 0.3 is 0 Å². The third kappa shape index (κ3) is 3.58. The molecule has 1 aliphatic carbocycles. The van der Waals surface area contributed by atoms with Gasteiger partial charge in [0.2, 0.25) is 5.91 Å². The van der Waals surface area contributed by atoms with Crippen molar-refractivity contribution in [3.05, 3.63) is 35.9 Å². The molecule has 1 saturated carbocycles. The molecule has 2 aliphatic rings. The van der Waals surface area contributed by atoms with Gasteiger partial charge in [0.25, 0.3) is 0 Å². The largest absolute Gasteiger partial charge is 0.355 e. The molecule has 1 aromatic rings. The smallest absolute Gasteiger partial charge is 0.238 e. The monoisotopic (exact) mass is 273 g/mol. The lowest BCUT2D eigenvalue weighted by molar-refractivity contribution is -0.122. The minimum Gasteiger partial charge on any atom is -0.355 e. The zero-order valence-electron chi connectivity index (χ0n) is 11.8. The van der Waals surface area contributed by atoms with E-state index >= 15 is 0 Å². The number of hydrazine groups is 1. The number of carbonyl (C=O) groups excluding carboxylic acids is 1. The van der Waals surface area contributed by atoms with E-state index in [-0.39, 0.29) is 11.9 Å². The summed E-state index contributed by atoms with van der Waals surface area (Å²) in [6, 6.07) is 10.8. The van der Waals surface area contributed by atoms with Crippen LogP contribution in [0.4, 0.5) is 0 Å². The zero-order chi connectivity index (χ0) is 13.8. The molecular formula is C16H23N3O. The first-order valence-corrected chi connectivity index (χ1v) is 7.65. The third-order valence-corrected chi connectivity index (χ3v) is 4.22. The molecule has 20 heavy (non-hydrogen) atoms. The maximum absolute atomic E-state index is 12.0. The highest BCUT2D eigenvalue weighted by molar-refractivity contribution is 5.82. The van der Waals surface area contributed by atoms with Crippen LogP contribution in [0, 0.1) is 5.92 Å². The fourth-order valence-corrected chi connectivity index (χ4v) is 2.83. The molecular weight excluding hydrogens is 250 g/mol. The van der Waals surface area contributed by atoms with Crippen LogP contribution in [0.3, 0.4) is 0 Å². The topological polar surface area (TPSA) is 53.2 Å². The fourth-order valence-electron chi connectivity index (χ4n) is 2.83. The van der Waals surface area contributed by atoms with E-state index in [0.29, 0.717) is 6.04 Å². The Kier molecular flexibility index (Phi) is 4.33. The first-order chi connectivity index (χ1) is 9.83. The van der Waals surface area contributed by atoms with E-state index in [0.717, 1.165) is 31.7 Å². The molecule has 1 heterocycles. The van der Waals surface area contributed by atoms with E-state index in [1.807, 2.05) is 6.07 Å². The summed E-state index contributed by atoms with van der Waals surface area (Å²) < 4.78 is 0. The Hall–Kier alpha value is -1.39. The van der Waals surface area contributed by atoms with Gasteiger partial charge in [0.15, 0.2) is 0 Å². The Labute approximate surface area is 120 Å². The molecule has 0 spiro atoms. The van der Waals surface area contributed by atoms with Gasteiger partial charge in [-0.25, -0.2) is 5.43 Å². The van der Waals surface area contributed by atoms with Crippen LogP contribution in [0.15, 0.2) is 30.3 Å². The van der Waals surface area contributed by atoms with Crippen molar-refractivity contribution in [2.75, 3.05) is 6.54 Å². The predicted molar refractivity (Wildman–Crippen MR) is 79.0 cm³/mol. The van der Waals surface area contributed by atoms with E-state index in [1.54, 1.807) is 0 Å². The van der Waals surface area contributed by atoms with Crippen LogP contribution in [-0.4, -0.2) is 24.5 Å². The van der Waals surface area contributed by atoms with Gasteiger partial charge < -0.3 is 5.32 Å². The van der Waals surface area contributed by atoms with Gasteiger partial charge in [-0.3, -0.25) is 10.2 Å². The number of nitrogens with one attached hydrogen (secondary N) is 3. The van der Waals surface area contributed by atoms with Crippen LogP contribution >= 0.6 is 0 Å². The van der Waals surface area contributed by atoms with Crippen molar-refractivity contribution in [1.29, 1.82) is 0 Å². The van der Waals surface area contributed by atoms with Crippen molar-refractivity contribution < 1.29 is 4.79 Å². The van der Waals surface area contributed by atoms with Gasteiger partial charge in [-0.05, 0) is 43.6 Å². The van der Waals surface area contributed by atoms with Crippen LogP contribution in [-0.2, 0) is 11.2 Å². The Bertz CT molecular complexity index is 444. The molecule has 3 N–H and O–H groups in total. The number of hydrogen-bond donors (Lipinski definition) is 3. The minimum atomic E-state index is -0.0580. The van der Waals surface area contributed by atoms with Crippen LogP contribution in [0.5, 0.6) is 0 Å². The second kappa shape index (κ2) is 6.37. The van der Waals surface area contributed by atoms with Crippen LogP contribution < -0.4 is 16.2 Å². The lowest BCUT2D eigenvalue weighted by atomic mass is 10.1. The highest BCUT2D eigenvalue weighted by atomic mass is 16.2. The summed E-state index contributed by atoms with van der Waals surface area (Å²) in [5.41, 5.74) is 7.71. The molecule has 4 heteroatoms. The lowest BCUT2D eigenvalue weighted by Crippen LogP contribution is -2.43. The standard InChI is InChI=1S/C16H23N3O/c20-16(15-11-14(18-19-15)13-8-9-13)17-10-4-7-12-5-2-1-3-6-12/h1-3,5-6,13-15,18-19H,4,7-11H2,(H,17,20). The number of rotatable bonds is 6. The summed E-state index contributed by atoms with van der Waals surface area (Å²) in [5.74, 6) is 0.923. The van der Waals surface area contributed by atoms with Crippen LogP contribution in [0.1, 0.15) is 31.2 Å². The molecule has 1 amide bonds. The molecule has 0 radical (unpaired) electrons. The number of carbonyl (C=O) groups is 1. The Balaban J connectivity index is 1.33. The fraction of sp³-hybridized carbons (Fsp3) is 0.562. The van der Waals surface area contributed by atoms with Crippen molar-refractivity contribution in [3.63, 3.8) is 0 Å². The van der Waals surface area contributed by atoms with Crippen molar-refractivity contribution in [2.24, 2.45) is 5.92 Å². The Morgan fingerprint density at radius 3 is 2.75 bits per heavy atom. The molecule has 2 unspecified atom stereocenters. The average molecular weight is 273 g/mol. The number of benzene rings is 1. The summed E-state index contributed by atoms with van der Waals surface area (Å²) in [6.07, 6.45) is 5.55. The Morgan fingerprint density at radius 2 is 2.00 bits per heavy atom. The molecule has 4 nitrogen and oxygen atoms in total. The van der Waals surface area contributed by atoms with Gasteiger partial charge in [-0.2, -0.15) is 0 Å². The third-order valence-electron chi connectivity index (χ3n) is 4.22. The molecule has 108 valence electrons. The van der Waals surface area contributed by atoms with E-state index < -0.39 is 0 Å². The van der Waals surface area contributed by atoms with E-state index in [1.165, 1.54) is 18.4 Å². The first-order valence-electron chi connectivity index (χ1n) is 7.65. The highest BCUT2D eigenvalue weighted by Gasteiger charge is 2.38. The Morgan fingerprint density at radius 1 is 1.20 bits per heavy atom. The first kappa shape index (κ1) is 13.6. The lowest BCUT2D eigenvalue weighted by Gasteiger charge is -2.10. The van der Waals surface area contributed by atoms with Crippen molar-refractivity contribution >= 4 is 5.91 Å². The maximum Gasteiger partial charge on any atom is 0.238 e. The molecule has 3 rings (SSSR count). The van der Waals surface area contributed by atoms with E-state index in [2.05, 4.69) is 40.4 Å². The zero-order valence-corrected chi connectivity index (χ0v) is 11.8. The number of amides is 1. The molecule has 0 bridgehead atoms. The molecule has 0 aromatic heterocycles. The quantitative estimate of drug-likeness (QED) is 0.686. The second-order valence-corrected chi connectivity index (χ2v) is 5.90. The van der Waals surface area contributed by atoms with E-state index in [4.69, 9.17) is 0 Å². The summed E-state index contributed by atoms with van der Waals surface area (Å²) in [5, 5.41) is 3.03. The molecule has 1 aromatic carbocycles. The number of hydrogen-bond acceptors (Lipinski definition) is 3.